The molecule has 3 heterocycles. The molecule has 2 saturated heterocycles. The van der Waals surface area contributed by atoms with Crippen molar-refractivity contribution >= 4 is 22.7 Å². The summed E-state index contributed by atoms with van der Waals surface area (Å²) in [5.74, 6) is -0.281. The van der Waals surface area contributed by atoms with Crippen LogP contribution in [0.2, 0.25) is 0 Å². The van der Waals surface area contributed by atoms with Crippen molar-refractivity contribution in [2.24, 2.45) is 5.73 Å². The average Bonchev–Trinajstić information content (AvgIpc) is 3.22. The molecular formula is C23H33N5O2. The van der Waals surface area contributed by atoms with Crippen LogP contribution in [0.3, 0.4) is 0 Å². The minimum atomic E-state index is -0.510. The Balaban J connectivity index is 1.36. The molecule has 162 valence electrons. The van der Waals surface area contributed by atoms with Gasteiger partial charge in [-0.1, -0.05) is 19.4 Å². The summed E-state index contributed by atoms with van der Waals surface area (Å²) in [5, 5.41) is 7.78. The Labute approximate surface area is 178 Å². The van der Waals surface area contributed by atoms with E-state index in [2.05, 4.69) is 28.1 Å². The minimum absolute atomic E-state index is 0.229. The number of hydrogen-bond acceptors (Lipinski definition) is 4. The summed E-state index contributed by atoms with van der Waals surface area (Å²) < 4.78 is 0. The van der Waals surface area contributed by atoms with Crippen molar-refractivity contribution in [3.05, 3.63) is 29.0 Å². The number of fused-ring (bicyclic) bond motifs is 1. The van der Waals surface area contributed by atoms with Crippen LogP contribution in [0.5, 0.6) is 0 Å². The topological polar surface area (TPSA) is 95.3 Å². The van der Waals surface area contributed by atoms with E-state index in [4.69, 9.17) is 5.73 Å². The van der Waals surface area contributed by atoms with E-state index >= 15 is 0 Å². The predicted octanol–water partition coefficient (Wildman–Crippen LogP) is 2.63. The van der Waals surface area contributed by atoms with Crippen molar-refractivity contribution in [2.45, 2.75) is 64.3 Å². The molecule has 0 radical (unpaired) electrons. The van der Waals surface area contributed by atoms with Gasteiger partial charge in [-0.25, -0.2) is 0 Å². The summed E-state index contributed by atoms with van der Waals surface area (Å²) in [5.41, 5.74) is 8.74. The number of nitrogens with two attached hydrogens (primary N) is 1. The fourth-order valence-corrected chi connectivity index (χ4v) is 5.03. The third-order valence-corrected chi connectivity index (χ3v) is 6.78. The van der Waals surface area contributed by atoms with Gasteiger partial charge in [0.1, 0.15) is 5.69 Å². The fraction of sp³-hybridized carbons (Fsp3) is 0.609. The zero-order valence-corrected chi connectivity index (χ0v) is 18.0. The number of carbonyl (C=O) groups excluding carboxylic acids is 2. The van der Waals surface area contributed by atoms with Crippen LogP contribution in [0, 0.1) is 0 Å². The van der Waals surface area contributed by atoms with E-state index in [1.54, 1.807) is 0 Å². The molecule has 2 aromatic rings. The highest BCUT2D eigenvalue weighted by Gasteiger charge is 2.27. The van der Waals surface area contributed by atoms with Gasteiger partial charge >= 0.3 is 0 Å². The molecule has 2 aliphatic heterocycles. The highest BCUT2D eigenvalue weighted by atomic mass is 16.2. The second-order valence-corrected chi connectivity index (χ2v) is 8.68. The maximum absolute atomic E-state index is 12.8. The van der Waals surface area contributed by atoms with Crippen LogP contribution in [-0.4, -0.2) is 64.0 Å². The highest BCUT2D eigenvalue weighted by molar-refractivity contribution is 6.04. The van der Waals surface area contributed by atoms with Crippen molar-refractivity contribution in [2.75, 3.05) is 26.2 Å². The Morgan fingerprint density at radius 1 is 1.13 bits per heavy atom. The number of piperidine rings is 2. The van der Waals surface area contributed by atoms with E-state index in [0.29, 0.717) is 24.6 Å². The molecular weight excluding hydrogens is 378 g/mol. The molecule has 0 atom stereocenters. The number of primary amides is 1. The quantitative estimate of drug-likeness (QED) is 0.764. The Bertz CT molecular complexity index is 908. The fourth-order valence-electron chi connectivity index (χ4n) is 5.03. The van der Waals surface area contributed by atoms with E-state index in [1.165, 1.54) is 32.4 Å². The van der Waals surface area contributed by atoms with Crippen molar-refractivity contribution in [1.29, 1.82) is 0 Å². The number of benzene rings is 1. The second kappa shape index (κ2) is 9.16. The zero-order chi connectivity index (χ0) is 21.1. The van der Waals surface area contributed by atoms with Crippen LogP contribution in [0.4, 0.5) is 0 Å². The van der Waals surface area contributed by atoms with Crippen molar-refractivity contribution in [3.8, 4) is 0 Å². The molecule has 2 amide bonds. The smallest absolute Gasteiger partial charge is 0.267 e. The van der Waals surface area contributed by atoms with Crippen LogP contribution in [0.1, 0.15) is 67.1 Å². The first kappa shape index (κ1) is 20.8. The monoisotopic (exact) mass is 411 g/mol. The SMILES string of the molecule is CCc1cc(CCC(=O)N2CCC(N3CCCCC3)CC2)cc2c(C(N)=O)[nH]nc12. The van der Waals surface area contributed by atoms with Crippen molar-refractivity contribution in [1.82, 2.24) is 20.0 Å². The summed E-state index contributed by atoms with van der Waals surface area (Å²) in [7, 11) is 0. The molecule has 0 saturated carbocycles. The molecule has 0 bridgehead atoms. The Hall–Kier alpha value is -2.41. The number of nitrogens with one attached hydrogen (secondary N) is 1. The minimum Gasteiger partial charge on any atom is -0.364 e. The molecule has 3 N–H and O–H groups in total. The normalized spacial score (nSPS) is 18.8. The molecule has 2 fully saturated rings. The lowest BCUT2D eigenvalue weighted by atomic mass is 9.98. The maximum atomic E-state index is 12.8. The van der Waals surface area contributed by atoms with Gasteiger partial charge in [-0.05, 0) is 68.8 Å². The van der Waals surface area contributed by atoms with Gasteiger partial charge in [0, 0.05) is 30.9 Å². The van der Waals surface area contributed by atoms with Crippen LogP contribution in [0.25, 0.3) is 10.9 Å². The number of nitrogens with zero attached hydrogens (tertiary/aromatic N) is 3. The molecule has 7 nitrogen and oxygen atoms in total. The number of H-pyrrole nitrogens is 1. The lowest BCUT2D eigenvalue weighted by Gasteiger charge is -2.40. The van der Waals surface area contributed by atoms with Gasteiger partial charge in [-0.3, -0.25) is 14.7 Å². The summed E-state index contributed by atoms with van der Waals surface area (Å²) in [6, 6.07) is 4.70. The molecule has 1 aromatic carbocycles. The third-order valence-electron chi connectivity index (χ3n) is 6.78. The molecule has 0 unspecified atom stereocenters. The molecule has 30 heavy (non-hydrogen) atoms. The van der Waals surface area contributed by atoms with Gasteiger partial charge in [0.05, 0.1) is 5.52 Å². The summed E-state index contributed by atoms with van der Waals surface area (Å²) in [6.07, 6.45) is 8.15. The van der Waals surface area contributed by atoms with E-state index in [9.17, 15) is 9.59 Å². The van der Waals surface area contributed by atoms with Gasteiger partial charge in [0.15, 0.2) is 0 Å². The summed E-state index contributed by atoms with van der Waals surface area (Å²) >= 11 is 0. The molecule has 0 spiro atoms. The van der Waals surface area contributed by atoms with E-state index in [1.807, 2.05) is 11.0 Å². The maximum Gasteiger partial charge on any atom is 0.267 e. The number of hydrogen-bond donors (Lipinski definition) is 2. The number of likely N-dealkylation sites (tertiary alicyclic amines) is 2. The standard InChI is InChI=1S/C23H33N5O2/c1-2-17-14-16(15-19-21(17)25-26-22(19)23(24)30)6-7-20(29)28-12-8-18(9-13-28)27-10-4-3-5-11-27/h14-15,18H,2-13H2,1H3,(H2,24,30)(H,25,26). The molecule has 7 heteroatoms. The third kappa shape index (κ3) is 4.36. The van der Waals surface area contributed by atoms with Gasteiger partial charge in [0.2, 0.25) is 5.91 Å². The first-order chi connectivity index (χ1) is 14.6. The van der Waals surface area contributed by atoms with Crippen LogP contribution in [-0.2, 0) is 17.6 Å². The first-order valence-corrected chi connectivity index (χ1v) is 11.4. The summed E-state index contributed by atoms with van der Waals surface area (Å²) in [4.78, 5) is 29.2. The van der Waals surface area contributed by atoms with Gasteiger partial charge in [-0.2, -0.15) is 5.10 Å². The van der Waals surface area contributed by atoms with Gasteiger partial charge < -0.3 is 15.5 Å². The van der Waals surface area contributed by atoms with E-state index in [0.717, 1.165) is 54.4 Å². The van der Waals surface area contributed by atoms with Crippen LogP contribution < -0.4 is 5.73 Å². The van der Waals surface area contributed by atoms with Crippen molar-refractivity contribution in [3.63, 3.8) is 0 Å². The second-order valence-electron chi connectivity index (χ2n) is 8.68. The number of aromatic nitrogens is 2. The highest BCUT2D eigenvalue weighted by Crippen LogP contribution is 2.25. The van der Waals surface area contributed by atoms with Crippen molar-refractivity contribution < 1.29 is 9.59 Å². The van der Waals surface area contributed by atoms with E-state index in [-0.39, 0.29) is 5.91 Å². The molecule has 4 rings (SSSR count). The zero-order valence-electron chi connectivity index (χ0n) is 18.0. The molecule has 1 aromatic heterocycles. The Kier molecular flexibility index (Phi) is 6.37. The number of aromatic amines is 1. The number of aryl methyl sites for hydroxylation is 2. The lowest BCUT2D eigenvalue weighted by Crippen LogP contribution is -2.48. The van der Waals surface area contributed by atoms with Crippen LogP contribution in [0.15, 0.2) is 12.1 Å². The Morgan fingerprint density at radius 2 is 1.87 bits per heavy atom. The predicted molar refractivity (Wildman–Crippen MR) is 117 cm³/mol. The number of carbonyl (C=O) groups is 2. The molecule has 0 aliphatic carbocycles. The number of amides is 2. The average molecular weight is 412 g/mol. The van der Waals surface area contributed by atoms with Gasteiger partial charge in [0.25, 0.3) is 5.91 Å². The summed E-state index contributed by atoms with van der Waals surface area (Å²) in [6.45, 7) is 6.25. The van der Waals surface area contributed by atoms with Gasteiger partial charge in [-0.15, -0.1) is 0 Å². The molecule has 2 aliphatic rings. The van der Waals surface area contributed by atoms with E-state index < -0.39 is 5.91 Å². The van der Waals surface area contributed by atoms with Crippen LogP contribution >= 0.6 is 0 Å². The number of rotatable bonds is 6. The lowest BCUT2D eigenvalue weighted by molar-refractivity contribution is -0.132. The Morgan fingerprint density at radius 3 is 2.53 bits per heavy atom. The first-order valence-electron chi connectivity index (χ1n) is 11.4. The largest absolute Gasteiger partial charge is 0.364 e.